The summed E-state index contributed by atoms with van der Waals surface area (Å²) in [6, 6.07) is 8.66. The number of ether oxygens (including phenoxy) is 1. The highest BCUT2D eigenvalue weighted by Gasteiger charge is 2.07. The molecule has 0 radical (unpaired) electrons. The topological polar surface area (TPSA) is 74.3 Å². The fraction of sp³-hybridized carbons (Fsp3) is 0.300. The van der Waals surface area contributed by atoms with E-state index in [4.69, 9.17) is 4.74 Å². The van der Waals surface area contributed by atoms with Crippen molar-refractivity contribution in [1.29, 1.82) is 0 Å². The number of H-pyrrole nitrogens is 1. The third-order valence-corrected chi connectivity index (χ3v) is 4.22. The number of halogens is 1. The minimum atomic E-state index is -0.236. The second-order valence-electron chi connectivity index (χ2n) is 6.01. The first-order valence-corrected chi connectivity index (χ1v) is 8.98. The number of aromatic nitrogens is 2. The zero-order valence-corrected chi connectivity index (χ0v) is 15.6. The lowest BCUT2D eigenvalue weighted by Gasteiger charge is -2.13. The second kappa shape index (κ2) is 9.02. The van der Waals surface area contributed by atoms with E-state index in [1.165, 1.54) is 12.1 Å². The molecule has 0 unspecified atom stereocenters. The lowest BCUT2D eigenvalue weighted by Crippen LogP contribution is -2.37. The Morgan fingerprint density at radius 3 is 2.96 bits per heavy atom. The number of rotatable bonds is 7. The summed E-state index contributed by atoms with van der Waals surface area (Å²) >= 11 is 0. The summed E-state index contributed by atoms with van der Waals surface area (Å²) in [5.74, 6) is 1.10. The predicted octanol–water partition coefficient (Wildman–Crippen LogP) is 3.01. The lowest BCUT2D eigenvalue weighted by molar-refractivity contribution is 0.322. The predicted molar refractivity (Wildman–Crippen MR) is 106 cm³/mol. The lowest BCUT2D eigenvalue weighted by atomic mass is 10.1. The average molecular weight is 369 g/mol. The van der Waals surface area contributed by atoms with E-state index in [1.54, 1.807) is 19.3 Å². The van der Waals surface area contributed by atoms with E-state index < -0.39 is 0 Å². The standard InChI is InChI=1S/C20H24FN5O/c1-3-27-19-15(5-4-9-23-19)13-26-20(22-2)24-10-8-14-12-25-18-11-16(21)6-7-17(14)18/h4-7,9,11-12,25H,3,8,10,13H2,1-2H3,(H2,22,24,26). The molecule has 0 spiro atoms. The summed E-state index contributed by atoms with van der Waals surface area (Å²) in [6.07, 6.45) is 4.43. The Hall–Kier alpha value is -3.09. The highest BCUT2D eigenvalue weighted by molar-refractivity contribution is 5.83. The van der Waals surface area contributed by atoms with Gasteiger partial charge in [-0.05, 0) is 43.2 Å². The maximum absolute atomic E-state index is 13.3. The Morgan fingerprint density at radius 1 is 1.26 bits per heavy atom. The van der Waals surface area contributed by atoms with Crippen molar-refractivity contribution in [1.82, 2.24) is 20.6 Å². The molecule has 3 N–H and O–H groups in total. The Morgan fingerprint density at radius 2 is 2.15 bits per heavy atom. The molecule has 0 amide bonds. The first-order chi connectivity index (χ1) is 13.2. The van der Waals surface area contributed by atoms with E-state index in [0.29, 0.717) is 31.5 Å². The van der Waals surface area contributed by atoms with Crippen LogP contribution in [0.5, 0.6) is 5.88 Å². The third kappa shape index (κ3) is 4.75. The number of hydrogen-bond donors (Lipinski definition) is 3. The number of guanidine groups is 1. The second-order valence-corrected chi connectivity index (χ2v) is 6.01. The van der Waals surface area contributed by atoms with E-state index in [9.17, 15) is 4.39 Å². The van der Waals surface area contributed by atoms with Gasteiger partial charge in [-0.25, -0.2) is 9.37 Å². The minimum Gasteiger partial charge on any atom is -0.478 e. The molecule has 1 aromatic carbocycles. The summed E-state index contributed by atoms with van der Waals surface area (Å²) in [5, 5.41) is 7.61. The van der Waals surface area contributed by atoms with Crippen molar-refractivity contribution in [2.45, 2.75) is 19.9 Å². The van der Waals surface area contributed by atoms with Gasteiger partial charge in [-0.15, -0.1) is 0 Å². The Balaban J connectivity index is 1.53. The summed E-state index contributed by atoms with van der Waals surface area (Å²) in [7, 11) is 1.73. The molecule has 0 fully saturated rings. The molecule has 0 saturated carbocycles. The van der Waals surface area contributed by atoms with Crippen LogP contribution in [0.1, 0.15) is 18.1 Å². The van der Waals surface area contributed by atoms with Crippen LogP contribution in [0, 0.1) is 5.82 Å². The van der Waals surface area contributed by atoms with Crippen molar-refractivity contribution in [3.63, 3.8) is 0 Å². The normalized spacial score (nSPS) is 11.6. The maximum Gasteiger partial charge on any atom is 0.218 e. The van der Waals surface area contributed by atoms with Gasteiger partial charge in [-0.3, -0.25) is 4.99 Å². The van der Waals surface area contributed by atoms with E-state index in [2.05, 4.69) is 25.6 Å². The molecule has 0 atom stereocenters. The van der Waals surface area contributed by atoms with Gasteiger partial charge >= 0.3 is 0 Å². The van der Waals surface area contributed by atoms with Gasteiger partial charge < -0.3 is 20.4 Å². The van der Waals surface area contributed by atoms with Crippen LogP contribution in [0.25, 0.3) is 10.9 Å². The maximum atomic E-state index is 13.3. The van der Waals surface area contributed by atoms with E-state index >= 15 is 0 Å². The SMILES string of the molecule is CCOc1ncccc1CNC(=NC)NCCc1c[nH]c2cc(F)ccc12. The quantitative estimate of drug-likeness (QED) is 0.442. The first kappa shape index (κ1) is 18.7. The molecule has 6 nitrogen and oxygen atoms in total. The number of benzene rings is 1. The van der Waals surface area contributed by atoms with E-state index in [0.717, 1.165) is 28.5 Å². The Kier molecular flexibility index (Phi) is 6.25. The summed E-state index contributed by atoms with van der Waals surface area (Å²) in [4.78, 5) is 11.6. The fourth-order valence-corrected chi connectivity index (χ4v) is 2.91. The number of aromatic amines is 1. The van der Waals surface area contributed by atoms with Crippen LogP contribution in [0.2, 0.25) is 0 Å². The number of hydrogen-bond acceptors (Lipinski definition) is 3. The van der Waals surface area contributed by atoms with Crippen molar-refractivity contribution in [2.24, 2.45) is 4.99 Å². The van der Waals surface area contributed by atoms with Gasteiger partial charge in [0.05, 0.1) is 6.61 Å². The number of nitrogens with zero attached hydrogens (tertiary/aromatic N) is 2. The summed E-state index contributed by atoms with van der Waals surface area (Å²) < 4.78 is 18.8. The van der Waals surface area contributed by atoms with Gasteiger partial charge in [-0.1, -0.05) is 6.07 Å². The molecular weight excluding hydrogens is 345 g/mol. The smallest absolute Gasteiger partial charge is 0.218 e. The molecule has 27 heavy (non-hydrogen) atoms. The van der Waals surface area contributed by atoms with Crippen LogP contribution in [-0.4, -0.2) is 36.1 Å². The van der Waals surface area contributed by atoms with Crippen molar-refractivity contribution in [2.75, 3.05) is 20.2 Å². The van der Waals surface area contributed by atoms with E-state index in [-0.39, 0.29) is 5.82 Å². The molecule has 0 saturated heterocycles. The van der Waals surface area contributed by atoms with Crippen LogP contribution in [0.4, 0.5) is 4.39 Å². The fourth-order valence-electron chi connectivity index (χ4n) is 2.91. The summed E-state index contributed by atoms with van der Waals surface area (Å²) in [6.45, 7) is 3.78. The van der Waals surface area contributed by atoms with Gasteiger partial charge in [-0.2, -0.15) is 0 Å². The molecule has 3 aromatic rings. The largest absolute Gasteiger partial charge is 0.478 e. The van der Waals surface area contributed by atoms with Gasteiger partial charge in [0, 0.05) is 49.0 Å². The zero-order valence-electron chi connectivity index (χ0n) is 15.6. The van der Waals surface area contributed by atoms with Crippen molar-refractivity contribution >= 4 is 16.9 Å². The average Bonchev–Trinajstić information content (AvgIpc) is 3.07. The van der Waals surface area contributed by atoms with Crippen molar-refractivity contribution in [3.8, 4) is 5.88 Å². The van der Waals surface area contributed by atoms with Gasteiger partial charge in [0.1, 0.15) is 5.82 Å². The molecule has 142 valence electrons. The van der Waals surface area contributed by atoms with Gasteiger partial charge in [0.2, 0.25) is 5.88 Å². The van der Waals surface area contributed by atoms with Gasteiger partial charge in [0.15, 0.2) is 5.96 Å². The van der Waals surface area contributed by atoms with Crippen LogP contribution in [0.15, 0.2) is 47.7 Å². The molecule has 2 aromatic heterocycles. The number of pyridine rings is 1. The van der Waals surface area contributed by atoms with Crippen LogP contribution in [-0.2, 0) is 13.0 Å². The molecule has 0 bridgehead atoms. The van der Waals surface area contributed by atoms with Crippen molar-refractivity contribution < 1.29 is 9.13 Å². The number of aliphatic imine (C=N–C) groups is 1. The van der Waals surface area contributed by atoms with Crippen LogP contribution < -0.4 is 15.4 Å². The number of nitrogens with one attached hydrogen (secondary N) is 3. The van der Waals surface area contributed by atoms with Gasteiger partial charge in [0.25, 0.3) is 0 Å². The van der Waals surface area contributed by atoms with E-state index in [1.807, 2.05) is 25.3 Å². The first-order valence-electron chi connectivity index (χ1n) is 8.98. The molecule has 0 aliphatic heterocycles. The van der Waals surface area contributed by atoms with Crippen LogP contribution >= 0.6 is 0 Å². The molecular formula is C20H24FN5O. The molecule has 2 heterocycles. The van der Waals surface area contributed by atoms with Crippen molar-refractivity contribution in [3.05, 3.63) is 59.7 Å². The third-order valence-electron chi connectivity index (χ3n) is 4.22. The Bertz CT molecular complexity index is 922. The Labute approximate surface area is 157 Å². The molecule has 0 aliphatic carbocycles. The number of fused-ring (bicyclic) bond motifs is 1. The zero-order chi connectivity index (χ0) is 19.1. The molecule has 7 heteroatoms. The monoisotopic (exact) mass is 369 g/mol. The highest BCUT2D eigenvalue weighted by Crippen LogP contribution is 2.19. The molecule has 3 rings (SSSR count). The van der Waals surface area contributed by atoms with Crippen LogP contribution in [0.3, 0.4) is 0 Å². The minimum absolute atomic E-state index is 0.236. The summed E-state index contributed by atoms with van der Waals surface area (Å²) in [5.41, 5.74) is 2.92. The highest BCUT2D eigenvalue weighted by atomic mass is 19.1. The molecule has 0 aliphatic rings.